The normalized spacial score (nSPS) is 42.4. The lowest BCUT2D eigenvalue weighted by atomic mass is 9.84. The molecule has 0 aromatic rings. The largest absolute Gasteiger partial charge is 0.299 e. The molecule has 2 aliphatic rings. The molecule has 1 nitrogen and oxygen atoms in total. The van der Waals surface area contributed by atoms with E-state index in [9.17, 15) is 4.79 Å². The summed E-state index contributed by atoms with van der Waals surface area (Å²) in [6.45, 7) is 2.15. The zero-order chi connectivity index (χ0) is 8.55. The van der Waals surface area contributed by atoms with E-state index >= 15 is 0 Å². The molecule has 0 amide bonds. The number of hydrogen-bond acceptors (Lipinski definition) is 1. The highest BCUT2D eigenvalue weighted by Gasteiger charge is 2.36. The molecule has 12 heavy (non-hydrogen) atoms. The molecule has 2 aliphatic carbocycles. The van der Waals surface area contributed by atoms with E-state index in [4.69, 9.17) is 0 Å². The van der Waals surface area contributed by atoms with Crippen LogP contribution in [-0.2, 0) is 4.79 Å². The van der Waals surface area contributed by atoms with E-state index in [0.29, 0.717) is 11.7 Å². The van der Waals surface area contributed by atoms with Crippen molar-refractivity contribution in [2.45, 2.75) is 45.4 Å². The molecule has 0 aliphatic heterocycles. The van der Waals surface area contributed by atoms with Crippen LogP contribution in [0.15, 0.2) is 0 Å². The molecule has 0 radical (unpaired) electrons. The van der Waals surface area contributed by atoms with Gasteiger partial charge in [0.05, 0.1) is 0 Å². The Bertz CT molecular complexity index is 185. The van der Waals surface area contributed by atoms with E-state index in [0.717, 1.165) is 24.7 Å². The number of hydrogen-bond donors (Lipinski definition) is 0. The van der Waals surface area contributed by atoms with Crippen LogP contribution >= 0.6 is 0 Å². The second-order valence-electron chi connectivity index (χ2n) is 4.50. The lowest BCUT2D eigenvalue weighted by molar-refractivity contribution is -0.123. The Morgan fingerprint density at radius 3 is 2.75 bits per heavy atom. The van der Waals surface area contributed by atoms with E-state index in [2.05, 4.69) is 6.92 Å². The van der Waals surface area contributed by atoms with Gasteiger partial charge in [-0.05, 0) is 31.1 Å². The highest BCUT2D eigenvalue weighted by molar-refractivity contribution is 5.81. The maximum absolute atomic E-state index is 11.6. The Hall–Kier alpha value is -0.330. The molecule has 0 saturated heterocycles. The Labute approximate surface area is 74.5 Å². The molecular formula is C11H18O. The fourth-order valence-corrected chi connectivity index (χ4v) is 3.09. The summed E-state index contributed by atoms with van der Waals surface area (Å²) >= 11 is 0. The van der Waals surface area contributed by atoms with Crippen LogP contribution in [0.3, 0.4) is 0 Å². The van der Waals surface area contributed by atoms with Crippen molar-refractivity contribution >= 4 is 5.78 Å². The minimum atomic E-state index is 0.375. The Morgan fingerprint density at radius 2 is 1.92 bits per heavy atom. The third kappa shape index (κ3) is 1.30. The molecule has 1 heteroatoms. The second-order valence-corrected chi connectivity index (χ2v) is 4.50. The maximum atomic E-state index is 11.6. The molecule has 0 aromatic carbocycles. The first-order chi connectivity index (χ1) is 5.79. The van der Waals surface area contributed by atoms with Gasteiger partial charge in [-0.15, -0.1) is 0 Å². The van der Waals surface area contributed by atoms with E-state index in [-0.39, 0.29) is 0 Å². The number of carbonyl (C=O) groups excluding carboxylic acids is 1. The van der Waals surface area contributed by atoms with Gasteiger partial charge in [0.2, 0.25) is 0 Å². The van der Waals surface area contributed by atoms with Crippen molar-refractivity contribution in [1.82, 2.24) is 0 Å². The van der Waals surface area contributed by atoms with E-state index in [1.165, 1.54) is 25.7 Å². The van der Waals surface area contributed by atoms with Gasteiger partial charge < -0.3 is 0 Å². The third-order valence-electron chi connectivity index (χ3n) is 3.87. The summed E-state index contributed by atoms with van der Waals surface area (Å²) in [6.07, 6.45) is 7.41. The molecule has 68 valence electrons. The molecule has 0 unspecified atom stereocenters. The third-order valence-corrected chi connectivity index (χ3v) is 3.87. The molecule has 0 N–H and O–H groups in total. The van der Waals surface area contributed by atoms with Crippen molar-refractivity contribution in [2.24, 2.45) is 17.8 Å². The lowest BCUT2D eigenvalue weighted by Gasteiger charge is -2.20. The summed E-state index contributed by atoms with van der Waals surface area (Å²) in [5.41, 5.74) is 0. The van der Waals surface area contributed by atoms with Crippen LogP contribution in [0.25, 0.3) is 0 Å². The highest BCUT2D eigenvalue weighted by Crippen LogP contribution is 2.42. The molecular weight excluding hydrogens is 148 g/mol. The van der Waals surface area contributed by atoms with Crippen molar-refractivity contribution in [1.29, 1.82) is 0 Å². The zero-order valence-electron chi connectivity index (χ0n) is 7.88. The summed E-state index contributed by atoms with van der Waals surface area (Å²) in [6, 6.07) is 0. The van der Waals surface area contributed by atoms with Gasteiger partial charge in [-0.1, -0.05) is 19.8 Å². The minimum Gasteiger partial charge on any atom is -0.299 e. The molecule has 0 bridgehead atoms. The van der Waals surface area contributed by atoms with E-state index in [1.54, 1.807) is 0 Å². The van der Waals surface area contributed by atoms with Gasteiger partial charge in [-0.25, -0.2) is 0 Å². The molecule has 3 atom stereocenters. The van der Waals surface area contributed by atoms with E-state index in [1.807, 2.05) is 0 Å². The van der Waals surface area contributed by atoms with Crippen molar-refractivity contribution in [3.05, 3.63) is 0 Å². The average Bonchev–Trinajstić information content (AvgIpc) is 2.46. The monoisotopic (exact) mass is 166 g/mol. The maximum Gasteiger partial charge on any atom is 0.135 e. The van der Waals surface area contributed by atoms with E-state index < -0.39 is 0 Å². The summed E-state index contributed by atoms with van der Waals surface area (Å²) in [7, 11) is 0. The average molecular weight is 166 g/mol. The van der Waals surface area contributed by atoms with Gasteiger partial charge in [-0.2, -0.15) is 0 Å². The first kappa shape index (κ1) is 8.28. The van der Waals surface area contributed by atoms with Crippen molar-refractivity contribution in [2.75, 3.05) is 0 Å². The number of rotatable bonds is 0. The predicted octanol–water partition coefficient (Wildman–Crippen LogP) is 2.79. The van der Waals surface area contributed by atoms with Crippen molar-refractivity contribution in [3.63, 3.8) is 0 Å². The van der Waals surface area contributed by atoms with Crippen molar-refractivity contribution in [3.8, 4) is 0 Å². The first-order valence-electron chi connectivity index (χ1n) is 5.32. The lowest BCUT2D eigenvalue weighted by Crippen LogP contribution is -2.20. The second kappa shape index (κ2) is 3.20. The van der Waals surface area contributed by atoms with Gasteiger partial charge in [0, 0.05) is 12.3 Å². The number of fused-ring (bicyclic) bond motifs is 1. The Balaban J connectivity index is 2.13. The summed E-state index contributed by atoms with van der Waals surface area (Å²) in [5.74, 6) is 2.55. The fourth-order valence-electron chi connectivity index (χ4n) is 3.09. The minimum absolute atomic E-state index is 0.375. The van der Waals surface area contributed by atoms with Crippen LogP contribution in [0.4, 0.5) is 0 Å². The molecule has 0 spiro atoms. The van der Waals surface area contributed by atoms with Gasteiger partial charge in [0.15, 0.2) is 0 Å². The van der Waals surface area contributed by atoms with Crippen LogP contribution < -0.4 is 0 Å². The highest BCUT2D eigenvalue weighted by atomic mass is 16.1. The molecule has 0 aromatic heterocycles. The summed E-state index contributed by atoms with van der Waals surface area (Å²) < 4.78 is 0. The Kier molecular flexibility index (Phi) is 2.20. The quantitative estimate of drug-likeness (QED) is 0.541. The van der Waals surface area contributed by atoms with Gasteiger partial charge in [-0.3, -0.25) is 4.79 Å². The molecule has 2 fully saturated rings. The summed E-state index contributed by atoms with van der Waals surface area (Å²) in [5, 5.41) is 0. The number of ketones is 1. The molecule has 0 heterocycles. The fraction of sp³-hybridized carbons (Fsp3) is 0.909. The van der Waals surface area contributed by atoms with Crippen LogP contribution in [0, 0.1) is 17.8 Å². The predicted molar refractivity (Wildman–Crippen MR) is 48.9 cm³/mol. The van der Waals surface area contributed by atoms with Gasteiger partial charge >= 0.3 is 0 Å². The van der Waals surface area contributed by atoms with Gasteiger partial charge in [0.25, 0.3) is 0 Å². The van der Waals surface area contributed by atoms with Gasteiger partial charge in [0.1, 0.15) is 5.78 Å². The number of carbonyl (C=O) groups is 1. The standard InChI is InChI=1S/C11H18O/c1-8-10-6-2-4-9(10)5-3-7-11(8)12/h8-10H,2-7H2,1H3/t8-,9+,10-/m1/s1. The first-order valence-corrected chi connectivity index (χ1v) is 5.32. The van der Waals surface area contributed by atoms with Crippen LogP contribution in [0.5, 0.6) is 0 Å². The summed E-state index contributed by atoms with van der Waals surface area (Å²) in [4.78, 5) is 11.6. The van der Waals surface area contributed by atoms with Crippen LogP contribution in [0.2, 0.25) is 0 Å². The Morgan fingerprint density at radius 1 is 1.17 bits per heavy atom. The number of Topliss-reactive ketones (excluding diaryl/α,β-unsaturated/α-hetero) is 1. The topological polar surface area (TPSA) is 17.1 Å². The molecule has 2 saturated carbocycles. The van der Waals surface area contributed by atoms with Crippen LogP contribution in [-0.4, -0.2) is 5.78 Å². The zero-order valence-corrected chi connectivity index (χ0v) is 7.88. The van der Waals surface area contributed by atoms with Crippen molar-refractivity contribution < 1.29 is 4.79 Å². The molecule has 2 rings (SSSR count). The van der Waals surface area contributed by atoms with Crippen LogP contribution in [0.1, 0.15) is 45.4 Å². The smallest absolute Gasteiger partial charge is 0.135 e. The SMILES string of the molecule is C[C@H]1C(=O)CCC[C@@H]2CCC[C@@H]21.